The van der Waals surface area contributed by atoms with Crippen LogP contribution in [-0.4, -0.2) is 18.1 Å². The Morgan fingerprint density at radius 2 is 2.38 bits per heavy atom. The van der Waals surface area contributed by atoms with Crippen LogP contribution in [0.1, 0.15) is 30.5 Å². The van der Waals surface area contributed by atoms with Crippen LogP contribution in [0.2, 0.25) is 5.02 Å². The smallest absolute Gasteiger partial charge is 0.0441 e. The molecule has 1 aromatic rings. The average Bonchev–Trinajstić information content (AvgIpc) is 2.70. The Morgan fingerprint density at radius 1 is 1.56 bits per heavy atom. The van der Waals surface area contributed by atoms with Gasteiger partial charge in [-0.2, -0.15) is 11.8 Å². The minimum Gasteiger partial charge on any atom is -0.309 e. The van der Waals surface area contributed by atoms with E-state index in [-0.39, 0.29) is 0 Å². The predicted molar refractivity (Wildman–Crippen MR) is 73.5 cm³/mol. The average molecular weight is 256 g/mol. The Bertz CT molecular complexity index is 367. The highest BCUT2D eigenvalue weighted by Crippen LogP contribution is 2.35. The Labute approximate surface area is 107 Å². The van der Waals surface area contributed by atoms with Gasteiger partial charge in [-0.1, -0.05) is 30.7 Å². The van der Waals surface area contributed by atoms with Gasteiger partial charge in [0, 0.05) is 22.9 Å². The third kappa shape index (κ3) is 2.55. The fourth-order valence-electron chi connectivity index (χ4n) is 2.21. The molecule has 0 aromatic heterocycles. The van der Waals surface area contributed by atoms with E-state index in [1.165, 1.54) is 17.5 Å². The molecule has 1 aliphatic rings. The van der Waals surface area contributed by atoms with Gasteiger partial charge in [-0.15, -0.1) is 0 Å². The molecule has 1 N–H and O–H groups in total. The first kappa shape index (κ1) is 12.3. The van der Waals surface area contributed by atoms with Crippen LogP contribution in [0.25, 0.3) is 0 Å². The molecule has 1 aliphatic carbocycles. The van der Waals surface area contributed by atoms with Gasteiger partial charge in [0.2, 0.25) is 0 Å². The summed E-state index contributed by atoms with van der Waals surface area (Å²) in [5.41, 5.74) is 2.75. The summed E-state index contributed by atoms with van der Waals surface area (Å²) in [6.07, 6.45) is 4.45. The minimum absolute atomic E-state index is 0.503. The third-order valence-corrected chi connectivity index (χ3v) is 4.59. The van der Waals surface area contributed by atoms with Crippen molar-refractivity contribution in [1.29, 1.82) is 0 Å². The zero-order valence-corrected chi connectivity index (χ0v) is 11.4. The molecule has 16 heavy (non-hydrogen) atoms. The highest BCUT2D eigenvalue weighted by molar-refractivity contribution is 7.99. The van der Waals surface area contributed by atoms with Gasteiger partial charge in [-0.05, 0) is 36.3 Å². The molecule has 88 valence electrons. The summed E-state index contributed by atoms with van der Waals surface area (Å²) < 4.78 is 0. The number of halogens is 1. The standard InChI is InChI=1S/C13H18ClNS/c1-9(16-2)8-15-13-7-6-10-11(13)4-3-5-12(10)14/h3-5,9,13,15H,6-8H2,1-2H3. The molecule has 0 aliphatic heterocycles. The van der Waals surface area contributed by atoms with E-state index in [0.717, 1.165) is 18.0 Å². The largest absolute Gasteiger partial charge is 0.309 e. The summed E-state index contributed by atoms with van der Waals surface area (Å²) in [7, 11) is 0. The van der Waals surface area contributed by atoms with Gasteiger partial charge in [0.25, 0.3) is 0 Å². The number of rotatable bonds is 4. The Kier molecular flexibility index (Phi) is 4.17. The van der Waals surface area contributed by atoms with Crippen molar-refractivity contribution < 1.29 is 0 Å². The summed E-state index contributed by atoms with van der Waals surface area (Å²) >= 11 is 8.10. The van der Waals surface area contributed by atoms with E-state index < -0.39 is 0 Å². The Hall–Kier alpha value is -0.180. The van der Waals surface area contributed by atoms with Crippen LogP contribution in [0.4, 0.5) is 0 Å². The topological polar surface area (TPSA) is 12.0 Å². The first-order valence-corrected chi connectivity index (χ1v) is 7.42. The summed E-state index contributed by atoms with van der Waals surface area (Å²) in [4.78, 5) is 0. The van der Waals surface area contributed by atoms with Crippen molar-refractivity contribution in [2.45, 2.75) is 31.1 Å². The van der Waals surface area contributed by atoms with E-state index in [9.17, 15) is 0 Å². The lowest BCUT2D eigenvalue weighted by molar-refractivity contribution is 0.533. The van der Waals surface area contributed by atoms with Crippen molar-refractivity contribution in [1.82, 2.24) is 5.32 Å². The highest BCUT2D eigenvalue weighted by Gasteiger charge is 2.23. The van der Waals surface area contributed by atoms with Crippen molar-refractivity contribution in [3.05, 3.63) is 34.3 Å². The molecule has 2 rings (SSSR count). The third-order valence-electron chi connectivity index (χ3n) is 3.27. The number of fused-ring (bicyclic) bond motifs is 1. The number of nitrogens with one attached hydrogen (secondary N) is 1. The lowest BCUT2D eigenvalue weighted by Crippen LogP contribution is -2.26. The van der Waals surface area contributed by atoms with Gasteiger partial charge < -0.3 is 5.32 Å². The molecule has 0 amide bonds. The van der Waals surface area contributed by atoms with Crippen LogP contribution in [0.3, 0.4) is 0 Å². The lowest BCUT2D eigenvalue weighted by Gasteiger charge is -2.16. The van der Waals surface area contributed by atoms with E-state index in [2.05, 4.69) is 30.6 Å². The van der Waals surface area contributed by atoms with Crippen LogP contribution in [0, 0.1) is 0 Å². The van der Waals surface area contributed by atoms with Gasteiger partial charge in [-0.25, -0.2) is 0 Å². The molecule has 0 bridgehead atoms. The Balaban J connectivity index is 2.03. The fourth-order valence-corrected chi connectivity index (χ4v) is 2.75. The maximum absolute atomic E-state index is 6.19. The molecule has 2 unspecified atom stereocenters. The van der Waals surface area contributed by atoms with Crippen LogP contribution < -0.4 is 5.32 Å². The van der Waals surface area contributed by atoms with Crippen LogP contribution in [0.15, 0.2) is 18.2 Å². The minimum atomic E-state index is 0.503. The lowest BCUT2D eigenvalue weighted by atomic mass is 10.1. The molecule has 1 nitrogen and oxygen atoms in total. The van der Waals surface area contributed by atoms with Gasteiger partial charge in [0.05, 0.1) is 0 Å². The molecule has 3 heteroatoms. The maximum Gasteiger partial charge on any atom is 0.0441 e. The predicted octanol–water partition coefficient (Wildman–Crippen LogP) is 3.67. The van der Waals surface area contributed by atoms with Crippen LogP contribution in [-0.2, 0) is 6.42 Å². The molecule has 0 saturated heterocycles. The summed E-state index contributed by atoms with van der Waals surface area (Å²) in [6.45, 7) is 3.32. The molecule has 0 spiro atoms. The zero-order valence-electron chi connectivity index (χ0n) is 9.79. The second kappa shape index (κ2) is 5.44. The van der Waals surface area contributed by atoms with Crippen LogP contribution in [0.5, 0.6) is 0 Å². The van der Waals surface area contributed by atoms with Crippen molar-refractivity contribution in [3.8, 4) is 0 Å². The number of hydrogen-bond acceptors (Lipinski definition) is 2. The number of benzene rings is 1. The van der Waals surface area contributed by atoms with Gasteiger partial charge >= 0.3 is 0 Å². The molecule has 2 atom stereocenters. The van der Waals surface area contributed by atoms with E-state index in [0.29, 0.717) is 11.3 Å². The SMILES string of the molecule is CSC(C)CNC1CCc2c(Cl)cccc21. The van der Waals surface area contributed by atoms with Gasteiger partial charge in [-0.3, -0.25) is 0 Å². The van der Waals surface area contributed by atoms with Crippen molar-refractivity contribution in [3.63, 3.8) is 0 Å². The van der Waals surface area contributed by atoms with E-state index in [1.54, 1.807) is 0 Å². The van der Waals surface area contributed by atoms with E-state index in [4.69, 9.17) is 11.6 Å². The first-order valence-electron chi connectivity index (χ1n) is 5.76. The molecule has 0 saturated carbocycles. The van der Waals surface area contributed by atoms with Crippen molar-refractivity contribution >= 4 is 23.4 Å². The first-order chi connectivity index (χ1) is 7.72. The van der Waals surface area contributed by atoms with E-state index >= 15 is 0 Å². The van der Waals surface area contributed by atoms with Crippen molar-refractivity contribution in [2.24, 2.45) is 0 Å². The second-order valence-electron chi connectivity index (χ2n) is 4.35. The zero-order chi connectivity index (χ0) is 11.5. The molecule has 0 heterocycles. The monoisotopic (exact) mass is 255 g/mol. The number of hydrogen-bond donors (Lipinski definition) is 1. The molecule has 0 radical (unpaired) electrons. The highest BCUT2D eigenvalue weighted by atomic mass is 35.5. The molecule has 0 fully saturated rings. The Morgan fingerprint density at radius 3 is 3.12 bits per heavy atom. The van der Waals surface area contributed by atoms with Crippen molar-refractivity contribution in [2.75, 3.05) is 12.8 Å². The molecular formula is C13H18ClNS. The van der Waals surface area contributed by atoms with Gasteiger partial charge in [0.1, 0.15) is 0 Å². The van der Waals surface area contributed by atoms with Crippen LogP contribution >= 0.6 is 23.4 Å². The number of thioether (sulfide) groups is 1. The quantitative estimate of drug-likeness (QED) is 0.881. The fraction of sp³-hybridized carbons (Fsp3) is 0.538. The summed E-state index contributed by atoms with van der Waals surface area (Å²) in [6, 6.07) is 6.76. The maximum atomic E-state index is 6.19. The molecular weight excluding hydrogens is 238 g/mol. The normalized spacial score (nSPS) is 20.8. The van der Waals surface area contributed by atoms with E-state index in [1.807, 2.05) is 17.8 Å². The second-order valence-corrected chi connectivity index (χ2v) is 6.04. The van der Waals surface area contributed by atoms with Gasteiger partial charge in [0.15, 0.2) is 0 Å². The summed E-state index contributed by atoms with van der Waals surface area (Å²) in [5, 5.41) is 5.24. The molecule has 1 aromatic carbocycles. The summed E-state index contributed by atoms with van der Waals surface area (Å²) in [5.74, 6) is 0.